The second-order valence-electron chi connectivity index (χ2n) is 3.81. The molecule has 0 saturated heterocycles. The van der Waals surface area contributed by atoms with Gasteiger partial charge in [-0.25, -0.2) is 0 Å². The molecule has 0 spiro atoms. The van der Waals surface area contributed by atoms with Crippen molar-refractivity contribution in [3.63, 3.8) is 0 Å². The minimum absolute atomic E-state index is 0.284. The van der Waals surface area contributed by atoms with Crippen molar-refractivity contribution in [2.24, 2.45) is 0 Å². The van der Waals surface area contributed by atoms with Gasteiger partial charge in [-0.2, -0.15) is 0 Å². The van der Waals surface area contributed by atoms with E-state index in [-0.39, 0.29) is 5.91 Å². The van der Waals surface area contributed by atoms with Crippen molar-refractivity contribution in [3.05, 3.63) is 55.0 Å². The quantitative estimate of drug-likeness (QED) is 0.520. The maximum atomic E-state index is 12.1. The first kappa shape index (κ1) is 14.6. The van der Waals surface area contributed by atoms with Gasteiger partial charge in [0.05, 0.1) is 16.3 Å². The van der Waals surface area contributed by atoms with Crippen molar-refractivity contribution in [3.8, 4) is 0 Å². The Morgan fingerprint density at radius 1 is 1.26 bits per heavy atom. The second kappa shape index (κ2) is 6.11. The molecule has 0 saturated carbocycles. The van der Waals surface area contributed by atoms with Gasteiger partial charge in [-0.05, 0) is 59.0 Å². The van der Waals surface area contributed by atoms with E-state index in [9.17, 15) is 4.79 Å². The Labute approximate surface area is 137 Å². The van der Waals surface area contributed by atoms with Gasteiger partial charge < -0.3 is 11.1 Å². The van der Waals surface area contributed by atoms with Crippen molar-refractivity contribution in [1.82, 2.24) is 0 Å². The summed E-state index contributed by atoms with van der Waals surface area (Å²) in [6.45, 7) is 0. The predicted molar refractivity (Wildman–Crippen MR) is 90.7 cm³/mol. The van der Waals surface area contributed by atoms with E-state index in [1.54, 1.807) is 30.3 Å². The first-order chi connectivity index (χ1) is 8.97. The van der Waals surface area contributed by atoms with Gasteiger partial charge in [0.1, 0.15) is 0 Å². The smallest absolute Gasteiger partial charge is 0.257 e. The van der Waals surface area contributed by atoms with Crippen LogP contribution in [0.4, 0.5) is 11.4 Å². The average molecular weight is 451 g/mol. The summed E-state index contributed by atoms with van der Waals surface area (Å²) < 4.78 is 1.83. The number of nitrogen functional groups attached to an aromatic ring is 1. The largest absolute Gasteiger partial charge is 0.398 e. The fourth-order valence-corrected chi connectivity index (χ4v) is 2.80. The third-order valence-corrected chi connectivity index (χ3v) is 3.91. The Morgan fingerprint density at radius 2 is 2.00 bits per heavy atom. The van der Waals surface area contributed by atoms with Gasteiger partial charge in [0.2, 0.25) is 0 Å². The highest BCUT2D eigenvalue weighted by Gasteiger charge is 2.11. The zero-order valence-electron chi connectivity index (χ0n) is 9.58. The van der Waals surface area contributed by atoms with Crippen LogP contribution in [0.3, 0.4) is 0 Å². The van der Waals surface area contributed by atoms with Gasteiger partial charge in [-0.1, -0.05) is 27.5 Å². The van der Waals surface area contributed by atoms with Gasteiger partial charge in [0, 0.05) is 13.7 Å². The second-order valence-corrected chi connectivity index (χ2v) is 6.38. The first-order valence-corrected chi connectivity index (χ1v) is 7.54. The molecule has 1 amide bonds. The van der Waals surface area contributed by atoms with Crippen LogP contribution in [-0.2, 0) is 0 Å². The normalized spacial score (nSPS) is 10.3. The fraction of sp³-hybridized carbons (Fsp3) is 0. The predicted octanol–water partition coefficient (Wildman–Crippen LogP) is 4.54. The van der Waals surface area contributed by atoms with E-state index in [0.717, 1.165) is 8.04 Å². The Bertz CT molecular complexity index is 649. The third-order valence-electron chi connectivity index (χ3n) is 2.44. The van der Waals surface area contributed by atoms with E-state index >= 15 is 0 Å². The number of anilines is 2. The van der Waals surface area contributed by atoms with Crippen molar-refractivity contribution in [1.29, 1.82) is 0 Å². The Balaban J connectivity index is 2.25. The molecule has 2 aromatic rings. The number of nitrogens with two attached hydrogens (primary N) is 1. The molecule has 0 radical (unpaired) electrons. The molecule has 0 aliphatic rings. The highest BCUT2D eigenvalue weighted by Crippen LogP contribution is 2.25. The molecule has 0 aliphatic heterocycles. The van der Waals surface area contributed by atoms with Gasteiger partial charge in [0.25, 0.3) is 5.91 Å². The third kappa shape index (κ3) is 3.61. The van der Waals surface area contributed by atoms with Gasteiger partial charge in [-0.3, -0.25) is 4.79 Å². The molecule has 0 bridgehead atoms. The molecular formula is C13H9BrClIN2O. The summed E-state index contributed by atoms with van der Waals surface area (Å²) in [5.41, 5.74) is 7.20. The van der Waals surface area contributed by atoms with Crippen molar-refractivity contribution in [2.45, 2.75) is 0 Å². The van der Waals surface area contributed by atoms with Crippen LogP contribution in [0, 0.1) is 3.57 Å². The summed E-state index contributed by atoms with van der Waals surface area (Å²) in [7, 11) is 0. The maximum absolute atomic E-state index is 12.1. The summed E-state index contributed by atoms with van der Waals surface area (Å²) in [5, 5.41) is 3.24. The monoisotopic (exact) mass is 450 g/mol. The molecule has 6 heteroatoms. The molecular weight excluding hydrogens is 442 g/mol. The van der Waals surface area contributed by atoms with Crippen LogP contribution in [0.25, 0.3) is 0 Å². The van der Waals surface area contributed by atoms with Crippen molar-refractivity contribution in [2.75, 3.05) is 11.1 Å². The molecule has 0 aromatic heterocycles. The number of benzene rings is 2. The molecule has 0 heterocycles. The molecule has 2 rings (SSSR count). The van der Waals surface area contributed by atoms with Gasteiger partial charge >= 0.3 is 0 Å². The first-order valence-electron chi connectivity index (χ1n) is 5.29. The van der Waals surface area contributed by atoms with Crippen LogP contribution in [0.5, 0.6) is 0 Å². The van der Waals surface area contributed by atoms with E-state index in [4.69, 9.17) is 17.3 Å². The molecule has 0 fully saturated rings. The summed E-state index contributed by atoms with van der Waals surface area (Å²) in [6, 6.07) is 10.5. The number of carbonyl (C=O) groups excluding carboxylic acids is 1. The van der Waals surface area contributed by atoms with Crippen LogP contribution in [0.2, 0.25) is 5.02 Å². The van der Waals surface area contributed by atoms with E-state index in [1.807, 2.05) is 6.07 Å². The standard InChI is InChI=1S/C13H9BrClIN2O/c14-7-1-3-9(11(17)5-7)13(19)18-12-4-2-8(16)6-10(12)15/h1-6H,17H2,(H,18,19). The summed E-state index contributed by atoms with van der Waals surface area (Å²) >= 11 is 11.5. The minimum atomic E-state index is -0.284. The van der Waals surface area contributed by atoms with Crippen LogP contribution in [0.15, 0.2) is 40.9 Å². The molecule has 0 unspecified atom stereocenters. The number of carbonyl (C=O) groups is 1. The van der Waals surface area contributed by atoms with Crippen LogP contribution in [-0.4, -0.2) is 5.91 Å². The topological polar surface area (TPSA) is 55.1 Å². The van der Waals surface area contributed by atoms with Crippen LogP contribution < -0.4 is 11.1 Å². The highest BCUT2D eigenvalue weighted by atomic mass is 127. The molecule has 3 N–H and O–H groups in total. The Hall–Kier alpha value is -0.790. The molecule has 3 nitrogen and oxygen atoms in total. The van der Waals surface area contributed by atoms with E-state index in [1.165, 1.54) is 0 Å². The highest BCUT2D eigenvalue weighted by molar-refractivity contribution is 14.1. The zero-order chi connectivity index (χ0) is 14.0. The van der Waals surface area contributed by atoms with Gasteiger partial charge in [0.15, 0.2) is 0 Å². The summed E-state index contributed by atoms with van der Waals surface area (Å²) in [4.78, 5) is 12.1. The molecule has 98 valence electrons. The molecule has 0 atom stereocenters. The molecule has 2 aromatic carbocycles. The van der Waals surface area contributed by atoms with E-state index in [0.29, 0.717) is 22.0 Å². The maximum Gasteiger partial charge on any atom is 0.257 e. The lowest BCUT2D eigenvalue weighted by Crippen LogP contribution is -2.14. The average Bonchev–Trinajstić information content (AvgIpc) is 2.32. The summed E-state index contributed by atoms with van der Waals surface area (Å²) in [5.74, 6) is -0.284. The number of amides is 1. The van der Waals surface area contributed by atoms with Crippen LogP contribution >= 0.6 is 50.1 Å². The Morgan fingerprint density at radius 3 is 2.63 bits per heavy atom. The Kier molecular flexibility index (Phi) is 4.70. The van der Waals surface area contributed by atoms with Crippen molar-refractivity contribution < 1.29 is 4.79 Å². The number of hydrogen-bond donors (Lipinski definition) is 2. The molecule has 0 aliphatic carbocycles. The lowest BCUT2D eigenvalue weighted by Gasteiger charge is -2.09. The summed E-state index contributed by atoms with van der Waals surface area (Å²) in [6.07, 6.45) is 0. The van der Waals surface area contributed by atoms with E-state index in [2.05, 4.69) is 43.8 Å². The van der Waals surface area contributed by atoms with Crippen LogP contribution in [0.1, 0.15) is 10.4 Å². The fourth-order valence-electron chi connectivity index (χ4n) is 1.52. The number of rotatable bonds is 2. The number of hydrogen-bond acceptors (Lipinski definition) is 2. The van der Waals surface area contributed by atoms with Crippen molar-refractivity contribution >= 4 is 67.4 Å². The lowest BCUT2D eigenvalue weighted by molar-refractivity contribution is 0.102. The number of nitrogens with one attached hydrogen (secondary N) is 1. The zero-order valence-corrected chi connectivity index (χ0v) is 14.1. The van der Waals surface area contributed by atoms with Gasteiger partial charge in [-0.15, -0.1) is 0 Å². The SMILES string of the molecule is Nc1cc(Br)ccc1C(=O)Nc1ccc(I)cc1Cl. The number of halogens is 3. The molecule has 19 heavy (non-hydrogen) atoms. The van der Waals surface area contributed by atoms with E-state index < -0.39 is 0 Å². The minimum Gasteiger partial charge on any atom is -0.398 e. The lowest BCUT2D eigenvalue weighted by atomic mass is 10.1.